The molecule has 0 saturated heterocycles. The van der Waals surface area contributed by atoms with Crippen LogP contribution in [0.15, 0.2) is 23.1 Å². The van der Waals surface area contributed by atoms with Crippen molar-refractivity contribution in [2.75, 3.05) is 12.9 Å². The minimum Gasteiger partial charge on any atom is -0.304 e. The highest BCUT2D eigenvalue weighted by molar-refractivity contribution is 7.90. The third kappa shape index (κ3) is 3.46. The fourth-order valence-corrected chi connectivity index (χ4v) is 2.42. The van der Waals surface area contributed by atoms with Crippen LogP contribution >= 0.6 is 11.6 Å². The maximum absolute atomic E-state index is 11.4. The predicted molar refractivity (Wildman–Crippen MR) is 58.4 cm³/mol. The molecule has 2 N–H and O–H groups in total. The summed E-state index contributed by atoms with van der Waals surface area (Å²) in [4.78, 5) is 4.68. The Kier molecular flexibility index (Phi) is 4.10. The standard InChI is InChI=1S/C9H12ClNO3S/c1-15(12,13)9-3-2-8(10)6-7(9)4-5-14-11/h2-3,6H,4-5,11H2,1H3. The molecule has 0 aliphatic rings. The monoisotopic (exact) mass is 249 g/mol. The molecule has 0 unspecified atom stereocenters. The van der Waals surface area contributed by atoms with Gasteiger partial charge in [-0.25, -0.2) is 14.3 Å². The Labute approximate surface area is 93.9 Å². The Balaban J connectivity index is 3.15. The van der Waals surface area contributed by atoms with Gasteiger partial charge < -0.3 is 4.84 Å². The van der Waals surface area contributed by atoms with Crippen molar-refractivity contribution in [3.63, 3.8) is 0 Å². The van der Waals surface area contributed by atoms with Gasteiger partial charge in [-0.3, -0.25) is 0 Å². The molecule has 0 bridgehead atoms. The molecule has 0 aromatic heterocycles. The Hall–Kier alpha value is -0.620. The molecule has 4 nitrogen and oxygen atoms in total. The Morgan fingerprint density at radius 1 is 1.47 bits per heavy atom. The van der Waals surface area contributed by atoms with Crippen molar-refractivity contribution in [2.45, 2.75) is 11.3 Å². The summed E-state index contributed by atoms with van der Waals surface area (Å²) in [5.41, 5.74) is 0.621. The molecular formula is C9H12ClNO3S. The molecule has 0 aliphatic heterocycles. The summed E-state index contributed by atoms with van der Waals surface area (Å²) in [6.07, 6.45) is 1.57. The number of hydrogen-bond acceptors (Lipinski definition) is 4. The lowest BCUT2D eigenvalue weighted by Gasteiger charge is -2.07. The molecule has 1 aromatic rings. The van der Waals surface area contributed by atoms with Gasteiger partial charge in [0.25, 0.3) is 0 Å². The summed E-state index contributed by atoms with van der Waals surface area (Å²) in [6.45, 7) is 0.253. The highest BCUT2D eigenvalue weighted by Gasteiger charge is 2.13. The van der Waals surface area contributed by atoms with Crippen LogP contribution in [-0.2, 0) is 21.1 Å². The normalized spacial score (nSPS) is 11.7. The van der Waals surface area contributed by atoms with E-state index in [0.717, 1.165) is 6.26 Å². The quantitative estimate of drug-likeness (QED) is 0.814. The first-order chi connectivity index (χ1) is 6.95. The molecule has 1 rings (SSSR count). The van der Waals surface area contributed by atoms with Crippen molar-refractivity contribution in [3.05, 3.63) is 28.8 Å². The van der Waals surface area contributed by atoms with E-state index in [1.807, 2.05) is 0 Å². The largest absolute Gasteiger partial charge is 0.304 e. The first-order valence-electron chi connectivity index (χ1n) is 4.25. The minimum absolute atomic E-state index is 0.253. The summed E-state index contributed by atoms with van der Waals surface area (Å²) in [5, 5.41) is 0.495. The molecule has 0 saturated carbocycles. The predicted octanol–water partition coefficient (Wildman–Crippen LogP) is 1.18. The van der Waals surface area contributed by atoms with E-state index in [2.05, 4.69) is 4.84 Å². The van der Waals surface area contributed by atoms with Crippen molar-refractivity contribution in [1.82, 2.24) is 0 Å². The summed E-state index contributed by atoms with van der Waals surface area (Å²) in [5.74, 6) is 4.89. The van der Waals surface area contributed by atoms with Crippen LogP contribution in [0.4, 0.5) is 0 Å². The second-order valence-corrected chi connectivity index (χ2v) is 5.57. The van der Waals surface area contributed by atoms with Crippen LogP contribution in [0.5, 0.6) is 0 Å². The van der Waals surface area contributed by atoms with Crippen LogP contribution in [0.1, 0.15) is 5.56 Å². The third-order valence-electron chi connectivity index (χ3n) is 1.91. The van der Waals surface area contributed by atoms with Gasteiger partial charge in [-0.05, 0) is 30.2 Å². The molecule has 0 spiro atoms. The van der Waals surface area contributed by atoms with Crippen molar-refractivity contribution in [2.24, 2.45) is 5.90 Å². The van der Waals surface area contributed by atoms with Crippen LogP contribution in [0.2, 0.25) is 5.02 Å². The van der Waals surface area contributed by atoms with E-state index in [0.29, 0.717) is 17.0 Å². The van der Waals surface area contributed by atoms with Crippen molar-refractivity contribution >= 4 is 21.4 Å². The molecule has 0 amide bonds. The number of sulfone groups is 1. The minimum atomic E-state index is -3.24. The first-order valence-corrected chi connectivity index (χ1v) is 6.52. The van der Waals surface area contributed by atoms with Gasteiger partial charge in [0.1, 0.15) is 0 Å². The molecule has 84 valence electrons. The van der Waals surface area contributed by atoms with Gasteiger partial charge >= 0.3 is 0 Å². The number of rotatable bonds is 4. The Morgan fingerprint density at radius 3 is 2.67 bits per heavy atom. The van der Waals surface area contributed by atoms with Crippen LogP contribution < -0.4 is 5.90 Å². The van der Waals surface area contributed by atoms with Crippen LogP contribution in [0.3, 0.4) is 0 Å². The lowest BCUT2D eigenvalue weighted by atomic mass is 10.2. The van der Waals surface area contributed by atoms with Crippen molar-refractivity contribution < 1.29 is 13.3 Å². The maximum atomic E-state index is 11.4. The van der Waals surface area contributed by atoms with Crippen LogP contribution in [-0.4, -0.2) is 21.3 Å². The lowest BCUT2D eigenvalue weighted by Crippen LogP contribution is -2.08. The smallest absolute Gasteiger partial charge is 0.175 e. The van der Waals surface area contributed by atoms with E-state index >= 15 is 0 Å². The zero-order chi connectivity index (χ0) is 11.5. The highest BCUT2D eigenvalue weighted by Crippen LogP contribution is 2.20. The summed E-state index contributed by atoms with van der Waals surface area (Å²) < 4.78 is 22.8. The molecule has 15 heavy (non-hydrogen) atoms. The third-order valence-corrected chi connectivity index (χ3v) is 3.34. The van der Waals surface area contributed by atoms with E-state index < -0.39 is 9.84 Å². The van der Waals surface area contributed by atoms with Gasteiger partial charge in [-0.2, -0.15) is 0 Å². The van der Waals surface area contributed by atoms with Crippen molar-refractivity contribution in [3.8, 4) is 0 Å². The second-order valence-electron chi connectivity index (χ2n) is 3.15. The van der Waals surface area contributed by atoms with Gasteiger partial charge in [0, 0.05) is 11.3 Å². The number of nitrogens with two attached hydrogens (primary N) is 1. The molecule has 0 heterocycles. The molecule has 0 atom stereocenters. The van der Waals surface area contributed by atoms with E-state index in [-0.39, 0.29) is 11.5 Å². The lowest BCUT2D eigenvalue weighted by molar-refractivity contribution is 0.141. The zero-order valence-corrected chi connectivity index (χ0v) is 9.81. The molecule has 0 radical (unpaired) electrons. The van der Waals surface area contributed by atoms with Gasteiger partial charge in [0.15, 0.2) is 9.84 Å². The number of hydrogen-bond donors (Lipinski definition) is 1. The summed E-state index contributed by atoms with van der Waals surface area (Å²) in [6, 6.07) is 4.64. The SMILES string of the molecule is CS(=O)(=O)c1ccc(Cl)cc1CCON. The first kappa shape index (κ1) is 12.4. The number of halogens is 1. The van der Waals surface area contributed by atoms with Crippen LogP contribution in [0.25, 0.3) is 0 Å². The molecule has 0 fully saturated rings. The summed E-state index contributed by atoms with van der Waals surface area (Å²) >= 11 is 5.78. The molecule has 6 heteroatoms. The molecular weight excluding hydrogens is 238 g/mol. The van der Waals surface area contributed by atoms with Crippen LogP contribution in [0, 0.1) is 0 Å². The average molecular weight is 250 g/mol. The van der Waals surface area contributed by atoms with E-state index in [9.17, 15) is 8.42 Å². The Bertz CT molecular complexity index is 445. The molecule has 1 aromatic carbocycles. The summed E-state index contributed by atoms with van der Waals surface area (Å²) in [7, 11) is -3.24. The highest BCUT2D eigenvalue weighted by atomic mass is 35.5. The Morgan fingerprint density at radius 2 is 2.13 bits per heavy atom. The van der Waals surface area contributed by atoms with E-state index in [1.54, 1.807) is 12.1 Å². The topological polar surface area (TPSA) is 69.4 Å². The van der Waals surface area contributed by atoms with E-state index in [4.69, 9.17) is 17.5 Å². The zero-order valence-electron chi connectivity index (χ0n) is 8.23. The average Bonchev–Trinajstić information content (AvgIpc) is 2.12. The molecule has 0 aliphatic carbocycles. The van der Waals surface area contributed by atoms with Crippen molar-refractivity contribution in [1.29, 1.82) is 0 Å². The van der Waals surface area contributed by atoms with Gasteiger partial charge in [0.2, 0.25) is 0 Å². The van der Waals surface area contributed by atoms with Gasteiger partial charge in [0.05, 0.1) is 11.5 Å². The van der Waals surface area contributed by atoms with Gasteiger partial charge in [-0.15, -0.1) is 0 Å². The number of benzene rings is 1. The van der Waals surface area contributed by atoms with E-state index in [1.165, 1.54) is 6.07 Å². The fraction of sp³-hybridized carbons (Fsp3) is 0.333. The second kappa shape index (κ2) is 4.94. The fourth-order valence-electron chi connectivity index (χ4n) is 1.27. The van der Waals surface area contributed by atoms with Gasteiger partial charge in [-0.1, -0.05) is 11.6 Å². The maximum Gasteiger partial charge on any atom is 0.175 e.